The van der Waals surface area contributed by atoms with E-state index in [0.717, 1.165) is 25.7 Å². The van der Waals surface area contributed by atoms with Gasteiger partial charge in [-0.1, -0.05) is 37.8 Å². The third kappa shape index (κ3) is 8.13. The van der Waals surface area contributed by atoms with Crippen LogP contribution in [0.15, 0.2) is 48.5 Å². The molecule has 0 bridgehead atoms. The molecule has 0 aliphatic rings. The second kappa shape index (κ2) is 12.8. The molecule has 0 fully saturated rings. The molecule has 10 heteroatoms. The summed E-state index contributed by atoms with van der Waals surface area (Å²) in [5.41, 5.74) is -0.0110. The molecule has 0 N–H and O–H groups in total. The van der Waals surface area contributed by atoms with Crippen molar-refractivity contribution < 1.29 is 28.9 Å². The van der Waals surface area contributed by atoms with Crippen LogP contribution in [0, 0.1) is 20.2 Å². The maximum absolute atomic E-state index is 11.9. The van der Waals surface area contributed by atoms with Crippen molar-refractivity contribution in [1.82, 2.24) is 0 Å². The van der Waals surface area contributed by atoms with E-state index < -0.39 is 21.8 Å². The SMILES string of the molecule is O=C(OCCCCCCCCOC(=O)c1cccc([N+](=O)[O-])c1)c1cccc([N+](=O)[O-])c1. The highest BCUT2D eigenvalue weighted by Gasteiger charge is 2.13. The van der Waals surface area contributed by atoms with E-state index in [4.69, 9.17) is 9.47 Å². The highest BCUT2D eigenvalue weighted by molar-refractivity contribution is 5.90. The van der Waals surface area contributed by atoms with Gasteiger partial charge >= 0.3 is 11.9 Å². The van der Waals surface area contributed by atoms with Crippen molar-refractivity contribution in [3.8, 4) is 0 Å². The van der Waals surface area contributed by atoms with Crippen molar-refractivity contribution in [2.24, 2.45) is 0 Å². The van der Waals surface area contributed by atoms with E-state index in [1.807, 2.05) is 0 Å². The summed E-state index contributed by atoms with van der Waals surface area (Å²) in [5, 5.41) is 21.5. The predicted octanol–water partition coefficient (Wildman–Crippen LogP) is 4.86. The minimum absolute atomic E-state index is 0.152. The van der Waals surface area contributed by atoms with E-state index in [2.05, 4.69) is 0 Å². The summed E-state index contributed by atoms with van der Waals surface area (Å²) in [6, 6.07) is 10.8. The first-order valence-corrected chi connectivity index (χ1v) is 10.2. The Hall–Kier alpha value is -3.82. The van der Waals surface area contributed by atoms with Crippen molar-refractivity contribution in [3.05, 3.63) is 79.9 Å². The molecule has 0 aromatic heterocycles. The molecule has 2 aromatic carbocycles. The fraction of sp³-hybridized carbons (Fsp3) is 0.364. The summed E-state index contributed by atoms with van der Waals surface area (Å²) < 4.78 is 10.3. The Kier molecular flexibility index (Phi) is 9.76. The number of unbranched alkanes of at least 4 members (excludes halogenated alkanes) is 5. The average Bonchev–Trinajstić information content (AvgIpc) is 2.80. The van der Waals surface area contributed by atoms with Crippen molar-refractivity contribution in [1.29, 1.82) is 0 Å². The number of esters is 2. The Morgan fingerprint density at radius 3 is 1.41 bits per heavy atom. The van der Waals surface area contributed by atoms with E-state index in [0.29, 0.717) is 12.8 Å². The van der Waals surface area contributed by atoms with Gasteiger partial charge in [0.2, 0.25) is 0 Å². The van der Waals surface area contributed by atoms with Crippen LogP contribution in [0.4, 0.5) is 11.4 Å². The van der Waals surface area contributed by atoms with Gasteiger partial charge in [0.25, 0.3) is 11.4 Å². The van der Waals surface area contributed by atoms with Crippen LogP contribution in [-0.2, 0) is 9.47 Å². The van der Waals surface area contributed by atoms with Crippen LogP contribution in [0.2, 0.25) is 0 Å². The molecule has 170 valence electrons. The van der Waals surface area contributed by atoms with Gasteiger partial charge in [-0.25, -0.2) is 9.59 Å². The number of hydrogen-bond donors (Lipinski definition) is 0. The van der Waals surface area contributed by atoms with Gasteiger partial charge in [0.1, 0.15) is 0 Å². The number of carbonyl (C=O) groups is 2. The number of nitro benzene ring substituents is 2. The summed E-state index contributed by atoms with van der Waals surface area (Å²) in [4.78, 5) is 44.2. The highest BCUT2D eigenvalue weighted by atomic mass is 16.6. The summed E-state index contributed by atoms with van der Waals surface area (Å²) in [6.07, 6.45) is 4.93. The van der Waals surface area contributed by atoms with Gasteiger partial charge in [-0.05, 0) is 25.0 Å². The van der Waals surface area contributed by atoms with Crippen LogP contribution in [0.3, 0.4) is 0 Å². The molecule has 0 aliphatic heterocycles. The Morgan fingerprint density at radius 2 is 1.03 bits per heavy atom. The topological polar surface area (TPSA) is 139 Å². The van der Waals surface area contributed by atoms with E-state index in [9.17, 15) is 29.8 Å². The number of nitrogens with zero attached hydrogens (tertiary/aromatic N) is 2. The van der Waals surface area contributed by atoms with Crippen LogP contribution in [0.25, 0.3) is 0 Å². The average molecular weight is 444 g/mol. The number of non-ortho nitro benzene ring substituents is 2. The molecule has 0 radical (unpaired) electrons. The van der Waals surface area contributed by atoms with Crippen LogP contribution >= 0.6 is 0 Å². The molecule has 32 heavy (non-hydrogen) atoms. The van der Waals surface area contributed by atoms with Crippen molar-refractivity contribution in [2.45, 2.75) is 38.5 Å². The lowest BCUT2D eigenvalue weighted by atomic mass is 10.1. The normalized spacial score (nSPS) is 10.4. The zero-order valence-electron chi connectivity index (χ0n) is 17.4. The van der Waals surface area contributed by atoms with Gasteiger partial charge in [-0.2, -0.15) is 0 Å². The maximum atomic E-state index is 11.9. The van der Waals surface area contributed by atoms with Gasteiger partial charge in [-0.15, -0.1) is 0 Å². The molecule has 0 saturated heterocycles. The second-order valence-electron chi connectivity index (χ2n) is 7.01. The number of benzene rings is 2. The van der Waals surface area contributed by atoms with E-state index in [1.165, 1.54) is 48.5 Å². The van der Waals surface area contributed by atoms with Gasteiger partial charge < -0.3 is 9.47 Å². The third-order valence-electron chi connectivity index (χ3n) is 4.59. The molecule has 0 saturated carbocycles. The monoisotopic (exact) mass is 444 g/mol. The summed E-state index contributed by atoms with van der Waals surface area (Å²) in [7, 11) is 0. The van der Waals surface area contributed by atoms with Crippen LogP contribution in [0.1, 0.15) is 59.2 Å². The minimum Gasteiger partial charge on any atom is -0.462 e. The van der Waals surface area contributed by atoms with E-state index in [-0.39, 0.29) is 35.7 Å². The Bertz CT molecular complexity index is 883. The molecule has 0 atom stereocenters. The first-order valence-electron chi connectivity index (χ1n) is 10.2. The Balaban J connectivity index is 1.52. The van der Waals surface area contributed by atoms with Gasteiger partial charge in [0.15, 0.2) is 0 Å². The van der Waals surface area contributed by atoms with Gasteiger partial charge in [-0.3, -0.25) is 20.2 Å². The lowest BCUT2D eigenvalue weighted by Gasteiger charge is -2.06. The third-order valence-corrected chi connectivity index (χ3v) is 4.59. The number of carbonyl (C=O) groups excluding carboxylic acids is 2. The molecule has 2 rings (SSSR count). The van der Waals surface area contributed by atoms with Crippen LogP contribution in [0.5, 0.6) is 0 Å². The Labute approximate surface area is 184 Å². The molecule has 0 amide bonds. The fourth-order valence-corrected chi connectivity index (χ4v) is 2.90. The highest BCUT2D eigenvalue weighted by Crippen LogP contribution is 2.15. The first kappa shape index (κ1) is 24.4. The zero-order chi connectivity index (χ0) is 23.3. The number of nitro groups is 2. The number of hydrogen-bond acceptors (Lipinski definition) is 8. The molecular formula is C22H24N2O8. The lowest BCUT2D eigenvalue weighted by molar-refractivity contribution is -0.385. The molecule has 0 aliphatic carbocycles. The molecule has 0 spiro atoms. The summed E-state index contributed by atoms with van der Waals surface area (Å²) >= 11 is 0. The largest absolute Gasteiger partial charge is 0.462 e. The second-order valence-corrected chi connectivity index (χ2v) is 7.01. The quantitative estimate of drug-likeness (QED) is 0.185. The molecule has 0 heterocycles. The van der Waals surface area contributed by atoms with Crippen LogP contribution in [-0.4, -0.2) is 35.0 Å². The number of rotatable bonds is 13. The lowest BCUT2D eigenvalue weighted by Crippen LogP contribution is -2.07. The maximum Gasteiger partial charge on any atom is 0.338 e. The molecular weight excluding hydrogens is 420 g/mol. The standard InChI is InChI=1S/C22H24N2O8/c25-21(17-9-7-11-19(15-17)23(27)28)31-13-5-3-1-2-4-6-14-32-22(26)18-10-8-12-20(16-18)24(29)30/h7-12,15-16H,1-6,13-14H2. The van der Waals surface area contributed by atoms with Crippen molar-refractivity contribution >= 4 is 23.3 Å². The number of ether oxygens (including phenoxy) is 2. The molecule has 10 nitrogen and oxygen atoms in total. The fourth-order valence-electron chi connectivity index (χ4n) is 2.90. The first-order chi connectivity index (χ1) is 15.4. The van der Waals surface area contributed by atoms with E-state index >= 15 is 0 Å². The van der Waals surface area contributed by atoms with Gasteiger partial charge in [0.05, 0.1) is 34.2 Å². The van der Waals surface area contributed by atoms with Crippen molar-refractivity contribution in [3.63, 3.8) is 0 Å². The molecule has 2 aromatic rings. The zero-order valence-corrected chi connectivity index (χ0v) is 17.4. The van der Waals surface area contributed by atoms with Crippen LogP contribution < -0.4 is 0 Å². The Morgan fingerprint density at radius 1 is 0.656 bits per heavy atom. The predicted molar refractivity (Wildman–Crippen MR) is 114 cm³/mol. The molecule has 0 unspecified atom stereocenters. The van der Waals surface area contributed by atoms with Crippen molar-refractivity contribution in [2.75, 3.05) is 13.2 Å². The smallest absolute Gasteiger partial charge is 0.338 e. The summed E-state index contributed by atoms with van der Waals surface area (Å²) in [5.74, 6) is -1.17. The minimum atomic E-state index is -0.584. The summed E-state index contributed by atoms with van der Waals surface area (Å²) in [6.45, 7) is 0.477. The van der Waals surface area contributed by atoms with E-state index in [1.54, 1.807) is 0 Å². The van der Waals surface area contributed by atoms with Gasteiger partial charge in [0, 0.05) is 24.3 Å².